The van der Waals surface area contributed by atoms with Crippen LogP contribution in [0.4, 0.5) is 4.39 Å². The first-order valence-electron chi connectivity index (χ1n) is 6.50. The summed E-state index contributed by atoms with van der Waals surface area (Å²) in [5.74, 6) is -0.255. The van der Waals surface area contributed by atoms with Crippen molar-refractivity contribution in [3.8, 4) is 0 Å². The van der Waals surface area contributed by atoms with Crippen molar-refractivity contribution < 1.29 is 4.39 Å². The minimum atomic E-state index is -0.610. The van der Waals surface area contributed by atoms with Crippen molar-refractivity contribution in [1.29, 1.82) is 0 Å². The standard InChI is InChI=1S/C15H20FN3/c1-4-19-14(8-11(2)18-19)10-15(3,17)12-6-5-7-13(16)9-12/h5-9H,4,10,17H2,1-3H3. The van der Waals surface area contributed by atoms with E-state index in [1.54, 1.807) is 6.07 Å². The average molecular weight is 261 g/mol. The average Bonchev–Trinajstić information content (AvgIpc) is 2.68. The van der Waals surface area contributed by atoms with Crippen molar-refractivity contribution in [3.63, 3.8) is 0 Å². The first-order valence-corrected chi connectivity index (χ1v) is 6.50. The highest BCUT2D eigenvalue weighted by Gasteiger charge is 2.24. The van der Waals surface area contributed by atoms with Crippen LogP contribution in [0.3, 0.4) is 0 Å². The van der Waals surface area contributed by atoms with Crippen molar-refractivity contribution in [3.05, 3.63) is 53.1 Å². The lowest BCUT2D eigenvalue weighted by molar-refractivity contribution is 0.460. The Kier molecular flexibility index (Phi) is 3.71. The number of rotatable bonds is 4. The smallest absolute Gasteiger partial charge is 0.123 e. The van der Waals surface area contributed by atoms with E-state index in [9.17, 15) is 4.39 Å². The Bertz CT molecular complexity index is 573. The molecule has 1 heterocycles. The molecule has 0 spiro atoms. The molecule has 0 radical (unpaired) electrons. The molecule has 2 N–H and O–H groups in total. The summed E-state index contributed by atoms with van der Waals surface area (Å²) in [6.07, 6.45) is 0.630. The summed E-state index contributed by atoms with van der Waals surface area (Å²) < 4.78 is 15.3. The summed E-state index contributed by atoms with van der Waals surface area (Å²) in [6.45, 7) is 6.74. The van der Waals surface area contributed by atoms with Gasteiger partial charge in [0.15, 0.2) is 0 Å². The van der Waals surface area contributed by atoms with Gasteiger partial charge in [-0.05, 0) is 44.5 Å². The Labute approximate surface area is 113 Å². The van der Waals surface area contributed by atoms with Crippen molar-refractivity contribution in [2.24, 2.45) is 5.73 Å². The third kappa shape index (κ3) is 3.01. The van der Waals surface area contributed by atoms with Crippen LogP contribution >= 0.6 is 0 Å². The van der Waals surface area contributed by atoms with E-state index in [-0.39, 0.29) is 5.82 Å². The van der Waals surface area contributed by atoms with Gasteiger partial charge in [0.25, 0.3) is 0 Å². The van der Waals surface area contributed by atoms with Crippen LogP contribution in [0, 0.1) is 12.7 Å². The summed E-state index contributed by atoms with van der Waals surface area (Å²) >= 11 is 0. The molecule has 3 nitrogen and oxygen atoms in total. The quantitative estimate of drug-likeness (QED) is 0.919. The Balaban J connectivity index is 2.30. The summed E-state index contributed by atoms with van der Waals surface area (Å²) in [5.41, 5.74) is 8.61. The zero-order valence-corrected chi connectivity index (χ0v) is 11.7. The molecule has 19 heavy (non-hydrogen) atoms. The van der Waals surface area contributed by atoms with E-state index in [1.165, 1.54) is 12.1 Å². The Hall–Kier alpha value is -1.68. The second kappa shape index (κ2) is 5.13. The molecule has 0 saturated carbocycles. The summed E-state index contributed by atoms with van der Waals surface area (Å²) in [5, 5.41) is 4.41. The minimum absolute atomic E-state index is 0.255. The highest BCUT2D eigenvalue weighted by Crippen LogP contribution is 2.23. The zero-order chi connectivity index (χ0) is 14.0. The first kappa shape index (κ1) is 13.7. The Morgan fingerprint density at radius 2 is 2.11 bits per heavy atom. The molecule has 0 saturated heterocycles. The van der Waals surface area contributed by atoms with E-state index in [0.29, 0.717) is 6.42 Å². The normalized spacial score (nSPS) is 14.4. The highest BCUT2D eigenvalue weighted by molar-refractivity contribution is 5.26. The molecule has 4 heteroatoms. The number of hydrogen-bond acceptors (Lipinski definition) is 2. The third-order valence-electron chi connectivity index (χ3n) is 3.32. The van der Waals surface area contributed by atoms with Crippen LogP contribution < -0.4 is 5.73 Å². The molecule has 0 aliphatic heterocycles. The van der Waals surface area contributed by atoms with Gasteiger partial charge in [-0.3, -0.25) is 4.68 Å². The lowest BCUT2D eigenvalue weighted by Crippen LogP contribution is -2.36. The molecule has 0 bridgehead atoms. The van der Waals surface area contributed by atoms with Gasteiger partial charge >= 0.3 is 0 Å². The van der Waals surface area contributed by atoms with Gasteiger partial charge in [-0.2, -0.15) is 5.10 Å². The van der Waals surface area contributed by atoms with Gasteiger partial charge in [0.2, 0.25) is 0 Å². The molecule has 2 rings (SSSR count). The topological polar surface area (TPSA) is 43.8 Å². The van der Waals surface area contributed by atoms with Gasteiger partial charge in [-0.25, -0.2) is 4.39 Å². The number of benzene rings is 1. The van der Waals surface area contributed by atoms with Gasteiger partial charge < -0.3 is 5.73 Å². The van der Waals surface area contributed by atoms with E-state index in [0.717, 1.165) is 23.5 Å². The fraction of sp³-hybridized carbons (Fsp3) is 0.400. The number of hydrogen-bond donors (Lipinski definition) is 1. The van der Waals surface area contributed by atoms with Gasteiger partial charge in [0, 0.05) is 24.2 Å². The van der Waals surface area contributed by atoms with Crippen LogP contribution in [0.2, 0.25) is 0 Å². The maximum absolute atomic E-state index is 13.3. The molecule has 102 valence electrons. The molecule has 0 fully saturated rings. The molecule has 1 aromatic carbocycles. The SMILES string of the molecule is CCn1nc(C)cc1CC(C)(N)c1cccc(F)c1. The first-order chi connectivity index (χ1) is 8.92. The van der Waals surface area contributed by atoms with E-state index in [2.05, 4.69) is 5.10 Å². The molecule has 1 unspecified atom stereocenters. The monoisotopic (exact) mass is 261 g/mol. The molecule has 1 atom stereocenters. The maximum Gasteiger partial charge on any atom is 0.123 e. The van der Waals surface area contributed by atoms with Gasteiger partial charge in [-0.1, -0.05) is 12.1 Å². The summed E-state index contributed by atoms with van der Waals surface area (Å²) in [7, 11) is 0. The predicted octanol–water partition coefficient (Wildman–Crippen LogP) is 2.77. The second-order valence-corrected chi connectivity index (χ2v) is 5.20. The van der Waals surface area contributed by atoms with E-state index in [4.69, 9.17) is 5.73 Å². The van der Waals surface area contributed by atoms with Crippen LogP contribution in [-0.4, -0.2) is 9.78 Å². The molecular formula is C15H20FN3. The van der Waals surface area contributed by atoms with Gasteiger partial charge in [0.05, 0.1) is 5.69 Å². The van der Waals surface area contributed by atoms with Gasteiger partial charge in [0.1, 0.15) is 5.82 Å². The summed E-state index contributed by atoms with van der Waals surface area (Å²) in [6, 6.07) is 8.52. The molecule has 0 amide bonds. The molecular weight excluding hydrogens is 241 g/mol. The highest BCUT2D eigenvalue weighted by atomic mass is 19.1. The van der Waals surface area contributed by atoms with Crippen molar-refractivity contribution in [2.45, 2.75) is 39.3 Å². The molecule has 0 aliphatic rings. The van der Waals surface area contributed by atoms with Crippen molar-refractivity contribution in [1.82, 2.24) is 9.78 Å². The van der Waals surface area contributed by atoms with Crippen LogP contribution in [0.15, 0.2) is 30.3 Å². The van der Waals surface area contributed by atoms with E-state index < -0.39 is 5.54 Å². The number of nitrogens with two attached hydrogens (primary N) is 1. The minimum Gasteiger partial charge on any atom is -0.321 e. The second-order valence-electron chi connectivity index (χ2n) is 5.20. The maximum atomic E-state index is 13.3. The fourth-order valence-corrected chi connectivity index (χ4v) is 2.34. The summed E-state index contributed by atoms with van der Waals surface area (Å²) in [4.78, 5) is 0. The number of aromatic nitrogens is 2. The molecule has 1 aromatic heterocycles. The van der Waals surface area contributed by atoms with Crippen LogP contribution in [0.1, 0.15) is 30.8 Å². The molecule has 0 aliphatic carbocycles. The van der Waals surface area contributed by atoms with Crippen LogP contribution in [-0.2, 0) is 18.5 Å². The van der Waals surface area contributed by atoms with Crippen LogP contribution in [0.25, 0.3) is 0 Å². The lowest BCUT2D eigenvalue weighted by Gasteiger charge is -2.25. The predicted molar refractivity (Wildman–Crippen MR) is 74.3 cm³/mol. The van der Waals surface area contributed by atoms with Crippen LogP contribution in [0.5, 0.6) is 0 Å². The Morgan fingerprint density at radius 1 is 1.37 bits per heavy atom. The largest absolute Gasteiger partial charge is 0.321 e. The van der Waals surface area contributed by atoms with E-state index in [1.807, 2.05) is 37.6 Å². The Morgan fingerprint density at radius 3 is 2.74 bits per heavy atom. The fourth-order valence-electron chi connectivity index (χ4n) is 2.34. The van der Waals surface area contributed by atoms with E-state index >= 15 is 0 Å². The number of halogens is 1. The van der Waals surface area contributed by atoms with Crippen molar-refractivity contribution in [2.75, 3.05) is 0 Å². The molecule has 2 aromatic rings. The third-order valence-corrected chi connectivity index (χ3v) is 3.32. The lowest BCUT2D eigenvalue weighted by atomic mass is 9.88. The zero-order valence-electron chi connectivity index (χ0n) is 11.7. The van der Waals surface area contributed by atoms with Gasteiger partial charge in [-0.15, -0.1) is 0 Å². The number of aryl methyl sites for hydroxylation is 2. The number of nitrogens with zero attached hydrogens (tertiary/aromatic N) is 2. The van der Waals surface area contributed by atoms with Crippen molar-refractivity contribution >= 4 is 0 Å².